The van der Waals surface area contributed by atoms with Gasteiger partial charge in [-0.2, -0.15) is 10.2 Å². The van der Waals surface area contributed by atoms with Crippen LogP contribution in [0, 0.1) is 36.0 Å². The zero-order chi connectivity index (χ0) is 24.3. The molecule has 5 rings (SSSR count). The number of fused-ring (bicyclic) bond motifs is 7. The molecule has 0 unspecified atom stereocenters. The van der Waals surface area contributed by atoms with E-state index >= 15 is 0 Å². The van der Waals surface area contributed by atoms with E-state index < -0.39 is 0 Å². The van der Waals surface area contributed by atoms with Crippen LogP contribution in [0.5, 0.6) is 0 Å². The number of aryl methyl sites for hydroxylation is 1. The fourth-order valence-corrected chi connectivity index (χ4v) is 8.41. The molecule has 4 aliphatic carbocycles. The second-order valence-electron chi connectivity index (χ2n) is 12.5. The number of amides is 1. The molecule has 0 spiro atoms. The average molecular weight is 466 g/mol. The van der Waals surface area contributed by atoms with Gasteiger partial charge >= 0.3 is 0 Å². The van der Waals surface area contributed by atoms with Gasteiger partial charge in [0.25, 0.3) is 0 Å². The molecular formula is C29H43N3O2. The Hall–Kier alpha value is -1.75. The number of hydrogen-bond acceptors (Lipinski definition) is 4. The minimum absolute atomic E-state index is 0.0397. The summed E-state index contributed by atoms with van der Waals surface area (Å²) in [5, 5.41) is 22.8. The molecule has 2 N–H and O–H groups in total. The first kappa shape index (κ1) is 24.0. The monoisotopic (exact) mass is 465 g/mol. The van der Waals surface area contributed by atoms with E-state index in [1.807, 2.05) is 0 Å². The standard InChI is InChI=1S/C29H43N3O2/c1-17(16-30-19(3)33)6-9-25-18(2)27-26(32-31-25)15-24-22-8-7-20-14-21(34)10-12-28(20,4)23(22)11-13-29(24,27)5/h7,17,21-24,34H,6,8-16H2,1-5H3,(H,30,33)/t17-,21+,22+,23-,24+,28+,29-/m1/s1. The van der Waals surface area contributed by atoms with Crippen LogP contribution in [0.3, 0.4) is 0 Å². The van der Waals surface area contributed by atoms with Crippen LogP contribution in [0.1, 0.15) is 95.2 Å². The van der Waals surface area contributed by atoms with E-state index in [9.17, 15) is 9.90 Å². The third kappa shape index (κ3) is 3.83. The van der Waals surface area contributed by atoms with Gasteiger partial charge in [-0.25, -0.2) is 0 Å². The number of aromatic nitrogens is 2. The number of aliphatic hydroxyl groups excluding tert-OH is 1. The van der Waals surface area contributed by atoms with E-state index in [0.717, 1.165) is 63.1 Å². The van der Waals surface area contributed by atoms with Gasteiger partial charge in [-0.1, -0.05) is 32.4 Å². The van der Waals surface area contributed by atoms with E-state index in [4.69, 9.17) is 10.2 Å². The van der Waals surface area contributed by atoms with Gasteiger partial charge < -0.3 is 10.4 Å². The highest BCUT2D eigenvalue weighted by atomic mass is 16.3. The lowest BCUT2D eigenvalue weighted by Gasteiger charge is -2.57. The Morgan fingerprint density at radius 2 is 1.94 bits per heavy atom. The van der Waals surface area contributed by atoms with Crippen LogP contribution in [-0.4, -0.2) is 33.9 Å². The van der Waals surface area contributed by atoms with Crippen molar-refractivity contribution in [3.8, 4) is 0 Å². The highest BCUT2D eigenvalue weighted by Crippen LogP contribution is 2.64. The zero-order valence-electron chi connectivity index (χ0n) is 21.8. The van der Waals surface area contributed by atoms with Crippen LogP contribution >= 0.6 is 0 Å². The smallest absolute Gasteiger partial charge is 0.216 e. The summed E-state index contributed by atoms with van der Waals surface area (Å²) in [6, 6.07) is 0. The first-order chi connectivity index (χ1) is 16.1. The van der Waals surface area contributed by atoms with Crippen molar-refractivity contribution in [1.82, 2.24) is 15.5 Å². The molecule has 1 aromatic heterocycles. The average Bonchev–Trinajstić information content (AvgIpc) is 3.11. The summed E-state index contributed by atoms with van der Waals surface area (Å²) >= 11 is 0. The fraction of sp³-hybridized carbons (Fsp3) is 0.759. The molecule has 1 amide bonds. The molecule has 0 aliphatic heterocycles. The maximum atomic E-state index is 11.2. The highest BCUT2D eigenvalue weighted by Gasteiger charge is 2.58. The number of aliphatic hydroxyl groups is 1. The molecular weight excluding hydrogens is 422 g/mol. The normalized spacial score (nSPS) is 37.1. The number of rotatable bonds is 5. The number of hydrogen-bond donors (Lipinski definition) is 2. The van der Waals surface area contributed by atoms with E-state index in [0.29, 0.717) is 17.8 Å². The maximum Gasteiger partial charge on any atom is 0.216 e. The molecule has 1 aromatic rings. The molecule has 0 saturated heterocycles. The molecule has 1 heterocycles. The van der Waals surface area contributed by atoms with Crippen LogP contribution < -0.4 is 5.32 Å². The van der Waals surface area contributed by atoms with Crippen molar-refractivity contribution in [2.75, 3.05) is 6.54 Å². The number of carbonyl (C=O) groups excluding carboxylic acids is 1. The van der Waals surface area contributed by atoms with Crippen LogP contribution in [0.2, 0.25) is 0 Å². The van der Waals surface area contributed by atoms with Gasteiger partial charge in [-0.3, -0.25) is 4.79 Å². The molecule has 4 aliphatic rings. The Morgan fingerprint density at radius 3 is 2.71 bits per heavy atom. The van der Waals surface area contributed by atoms with Gasteiger partial charge in [0.1, 0.15) is 0 Å². The van der Waals surface area contributed by atoms with Crippen molar-refractivity contribution in [2.45, 2.75) is 104 Å². The lowest BCUT2D eigenvalue weighted by molar-refractivity contribution is -0.119. The zero-order valence-corrected chi connectivity index (χ0v) is 21.8. The first-order valence-electron chi connectivity index (χ1n) is 13.6. The van der Waals surface area contributed by atoms with Gasteiger partial charge in [0.15, 0.2) is 0 Å². The van der Waals surface area contributed by atoms with E-state index in [2.05, 4.69) is 39.1 Å². The topological polar surface area (TPSA) is 75.1 Å². The summed E-state index contributed by atoms with van der Waals surface area (Å²) in [4.78, 5) is 11.2. The van der Waals surface area contributed by atoms with Crippen molar-refractivity contribution in [2.24, 2.45) is 29.1 Å². The fourth-order valence-electron chi connectivity index (χ4n) is 8.41. The molecule has 0 aromatic carbocycles. The van der Waals surface area contributed by atoms with Crippen LogP contribution in [-0.2, 0) is 23.1 Å². The lowest BCUT2D eigenvalue weighted by Crippen LogP contribution is -2.51. The summed E-state index contributed by atoms with van der Waals surface area (Å²) < 4.78 is 0. The van der Waals surface area contributed by atoms with Crippen molar-refractivity contribution in [3.63, 3.8) is 0 Å². The quantitative estimate of drug-likeness (QED) is 0.611. The number of carbonyl (C=O) groups is 1. The highest BCUT2D eigenvalue weighted by molar-refractivity contribution is 5.72. The predicted molar refractivity (Wildman–Crippen MR) is 134 cm³/mol. The SMILES string of the molecule is CC(=O)NC[C@H](C)CCc1nnc2c(c1C)[C@]1(C)CC[C@@H]3[C@H](CC=C4C[C@@H](O)CC[C@@]43C)[C@@H]1C2. The van der Waals surface area contributed by atoms with Gasteiger partial charge in [-0.05, 0) is 110 Å². The summed E-state index contributed by atoms with van der Waals surface area (Å²) in [6.45, 7) is 11.8. The van der Waals surface area contributed by atoms with Crippen molar-refractivity contribution in [3.05, 3.63) is 34.2 Å². The van der Waals surface area contributed by atoms with E-state index in [1.54, 1.807) is 12.5 Å². The maximum absolute atomic E-state index is 11.2. The molecule has 7 atom stereocenters. The number of nitrogens with zero attached hydrogens (tertiary/aromatic N) is 2. The molecule has 0 radical (unpaired) electrons. The molecule has 34 heavy (non-hydrogen) atoms. The Morgan fingerprint density at radius 1 is 1.18 bits per heavy atom. The van der Waals surface area contributed by atoms with Crippen molar-refractivity contribution in [1.29, 1.82) is 0 Å². The summed E-state index contributed by atoms with van der Waals surface area (Å²) in [5.74, 6) is 2.55. The predicted octanol–water partition coefficient (Wildman–Crippen LogP) is 4.83. The van der Waals surface area contributed by atoms with Gasteiger partial charge in [0.05, 0.1) is 17.5 Å². The van der Waals surface area contributed by atoms with Crippen LogP contribution in [0.25, 0.3) is 0 Å². The summed E-state index contributed by atoms with van der Waals surface area (Å²) in [7, 11) is 0. The molecule has 186 valence electrons. The van der Waals surface area contributed by atoms with Gasteiger partial charge in [-0.15, -0.1) is 0 Å². The van der Waals surface area contributed by atoms with E-state index in [1.165, 1.54) is 29.7 Å². The summed E-state index contributed by atoms with van der Waals surface area (Å²) in [6.07, 6.45) is 12.0. The van der Waals surface area contributed by atoms with Crippen LogP contribution in [0.4, 0.5) is 0 Å². The van der Waals surface area contributed by atoms with Crippen LogP contribution in [0.15, 0.2) is 11.6 Å². The second kappa shape index (κ2) is 8.72. The molecule has 0 bridgehead atoms. The lowest BCUT2D eigenvalue weighted by atomic mass is 9.47. The minimum Gasteiger partial charge on any atom is -0.393 e. The Balaban J connectivity index is 1.37. The molecule has 5 nitrogen and oxygen atoms in total. The first-order valence-corrected chi connectivity index (χ1v) is 13.6. The Kier molecular flexibility index (Phi) is 6.15. The van der Waals surface area contributed by atoms with Gasteiger partial charge in [0.2, 0.25) is 5.91 Å². The van der Waals surface area contributed by atoms with E-state index in [-0.39, 0.29) is 22.8 Å². The van der Waals surface area contributed by atoms with Crippen molar-refractivity contribution < 1.29 is 9.90 Å². The largest absolute Gasteiger partial charge is 0.393 e. The third-order valence-electron chi connectivity index (χ3n) is 10.4. The Bertz CT molecular complexity index is 1000. The molecule has 2 saturated carbocycles. The second-order valence-corrected chi connectivity index (χ2v) is 12.5. The molecule has 5 heteroatoms. The van der Waals surface area contributed by atoms with Gasteiger partial charge in [0, 0.05) is 13.5 Å². The van der Waals surface area contributed by atoms with Crippen molar-refractivity contribution >= 4 is 5.91 Å². The number of allylic oxidation sites excluding steroid dienone is 1. The minimum atomic E-state index is -0.141. The third-order valence-corrected chi connectivity index (χ3v) is 10.4. The molecule has 2 fully saturated rings. The number of nitrogens with one attached hydrogen (secondary N) is 1. The summed E-state index contributed by atoms with van der Waals surface area (Å²) in [5.41, 5.74) is 7.29. The Labute approximate surface area is 205 Å².